The summed E-state index contributed by atoms with van der Waals surface area (Å²) in [7, 11) is 0. The summed E-state index contributed by atoms with van der Waals surface area (Å²) in [6.45, 7) is 2.06. The molecule has 0 atom stereocenters. The van der Waals surface area contributed by atoms with Crippen molar-refractivity contribution in [3.63, 3.8) is 0 Å². The van der Waals surface area contributed by atoms with Crippen LogP contribution in [0.1, 0.15) is 12.5 Å². The fourth-order valence-electron chi connectivity index (χ4n) is 1.74. The smallest absolute Gasteiger partial charge is 0.175 e. The Balaban J connectivity index is 2.05. The first kappa shape index (κ1) is 14.4. The summed E-state index contributed by atoms with van der Waals surface area (Å²) in [5.41, 5.74) is 2.13. The van der Waals surface area contributed by atoms with Crippen LogP contribution in [0.5, 0.6) is 0 Å². The van der Waals surface area contributed by atoms with E-state index in [4.69, 9.17) is 12.2 Å². The van der Waals surface area contributed by atoms with Crippen molar-refractivity contribution in [2.24, 2.45) is 0 Å². The Labute approximate surface area is 121 Å². The Morgan fingerprint density at radius 1 is 1.10 bits per heavy atom. The first-order valence-electron chi connectivity index (χ1n) is 6.20. The van der Waals surface area contributed by atoms with Gasteiger partial charge in [0.2, 0.25) is 0 Å². The molecule has 2 aromatic rings. The Morgan fingerprint density at radius 2 is 1.90 bits per heavy atom. The second-order valence-corrected chi connectivity index (χ2v) is 4.67. The van der Waals surface area contributed by atoms with Crippen LogP contribution in [0.2, 0.25) is 0 Å². The van der Waals surface area contributed by atoms with Gasteiger partial charge in [-0.15, -0.1) is 0 Å². The largest absolute Gasteiger partial charge is 0.332 e. The quantitative estimate of drug-likeness (QED) is 0.823. The predicted molar refractivity (Wildman–Crippen MR) is 82.0 cm³/mol. The molecule has 0 aliphatic heterocycles. The molecule has 5 heteroatoms. The fraction of sp³-hybridized carbons (Fsp3) is 0.133. The van der Waals surface area contributed by atoms with Gasteiger partial charge in [-0.1, -0.05) is 19.1 Å². The molecule has 2 aromatic carbocycles. The molecule has 0 unspecified atom stereocenters. The minimum Gasteiger partial charge on any atom is -0.332 e. The molecular formula is C15H14F2N2S. The van der Waals surface area contributed by atoms with Crippen molar-refractivity contribution in [2.75, 3.05) is 10.6 Å². The molecule has 0 aromatic heterocycles. The Bertz CT molecular complexity index is 629. The van der Waals surface area contributed by atoms with E-state index in [1.54, 1.807) is 0 Å². The molecule has 2 nitrogen and oxygen atoms in total. The van der Waals surface area contributed by atoms with Crippen LogP contribution < -0.4 is 10.6 Å². The first-order chi connectivity index (χ1) is 9.58. The number of thiocarbonyl (C=S) groups is 1. The van der Waals surface area contributed by atoms with E-state index in [1.807, 2.05) is 24.3 Å². The molecule has 0 aliphatic carbocycles. The lowest BCUT2D eigenvalue weighted by atomic mass is 10.1. The zero-order valence-electron chi connectivity index (χ0n) is 10.9. The van der Waals surface area contributed by atoms with Crippen LogP contribution in [0.15, 0.2) is 42.5 Å². The number of nitrogens with one attached hydrogen (secondary N) is 2. The highest BCUT2D eigenvalue weighted by Crippen LogP contribution is 2.16. The maximum Gasteiger partial charge on any atom is 0.175 e. The Kier molecular flexibility index (Phi) is 4.63. The maximum absolute atomic E-state index is 13.5. The van der Waals surface area contributed by atoms with E-state index in [2.05, 4.69) is 17.6 Å². The summed E-state index contributed by atoms with van der Waals surface area (Å²) >= 11 is 5.11. The molecule has 0 spiro atoms. The van der Waals surface area contributed by atoms with Crippen LogP contribution >= 0.6 is 12.2 Å². The lowest BCUT2D eigenvalue weighted by Gasteiger charge is -2.12. The van der Waals surface area contributed by atoms with Crippen LogP contribution in [0.3, 0.4) is 0 Å². The SMILES string of the molecule is CCc1cccc(NC(=S)Nc2ccc(F)cc2F)c1. The first-order valence-corrected chi connectivity index (χ1v) is 6.61. The number of halogens is 2. The lowest BCUT2D eigenvalue weighted by molar-refractivity contribution is 0.586. The van der Waals surface area contributed by atoms with Crippen LogP contribution in [0.4, 0.5) is 20.2 Å². The van der Waals surface area contributed by atoms with Gasteiger partial charge in [-0.25, -0.2) is 8.78 Å². The van der Waals surface area contributed by atoms with Crippen molar-refractivity contribution in [3.8, 4) is 0 Å². The van der Waals surface area contributed by atoms with Gasteiger partial charge in [-0.3, -0.25) is 0 Å². The molecule has 2 rings (SSSR count). The standard InChI is InChI=1S/C15H14F2N2S/c1-2-10-4-3-5-12(8-10)18-15(20)19-14-7-6-11(16)9-13(14)17/h3-9H,2H2,1H3,(H2,18,19,20). The zero-order chi connectivity index (χ0) is 14.5. The van der Waals surface area contributed by atoms with Crippen LogP contribution in [-0.4, -0.2) is 5.11 Å². The van der Waals surface area contributed by atoms with E-state index >= 15 is 0 Å². The molecule has 0 heterocycles. The van der Waals surface area contributed by atoms with Gasteiger partial charge in [-0.2, -0.15) is 0 Å². The third-order valence-electron chi connectivity index (χ3n) is 2.77. The molecular weight excluding hydrogens is 278 g/mol. The highest BCUT2D eigenvalue weighted by molar-refractivity contribution is 7.80. The minimum atomic E-state index is -0.684. The normalized spacial score (nSPS) is 10.2. The minimum absolute atomic E-state index is 0.135. The topological polar surface area (TPSA) is 24.1 Å². The van der Waals surface area contributed by atoms with Gasteiger partial charge in [0.05, 0.1) is 5.69 Å². The average molecular weight is 292 g/mol. The fourth-order valence-corrected chi connectivity index (χ4v) is 1.97. The molecule has 0 saturated heterocycles. The number of benzene rings is 2. The van der Waals surface area contributed by atoms with Crippen molar-refractivity contribution in [1.82, 2.24) is 0 Å². The monoisotopic (exact) mass is 292 g/mol. The molecule has 104 valence electrons. The molecule has 0 amide bonds. The molecule has 0 aliphatic rings. The van der Waals surface area contributed by atoms with Crippen molar-refractivity contribution in [3.05, 3.63) is 59.7 Å². The van der Waals surface area contributed by atoms with E-state index in [0.717, 1.165) is 18.2 Å². The van der Waals surface area contributed by atoms with Gasteiger partial charge in [0.1, 0.15) is 11.6 Å². The van der Waals surface area contributed by atoms with Gasteiger partial charge >= 0.3 is 0 Å². The average Bonchev–Trinajstić information content (AvgIpc) is 2.42. The van der Waals surface area contributed by atoms with Crippen LogP contribution in [0.25, 0.3) is 0 Å². The highest BCUT2D eigenvalue weighted by atomic mass is 32.1. The number of hydrogen-bond donors (Lipinski definition) is 2. The van der Waals surface area contributed by atoms with Crippen molar-refractivity contribution >= 4 is 28.7 Å². The molecule has 20 heavy (non-hydrogen) atoms. The molecule has 2 N–H and O–H groups in total. The number of aryl methyl sites for hydroxylation is 1. The molecule has 0 bridgehead atoms. The Morgan fingerprint density at radius 3 is 2.60 bits per heavy atom. The highest BCUT2D eigenvalue weighted by Gasteiger charge is 2.05. The van der Waals surface area contributed by atoms with Crippen LogP contribution in [0, 0.1) is 11.6 Å². The second-order valence-electron chi connectivity index (χ2n) is 4.26. The molecule has 0 fully saturated rings. The third-order valence-corrected chi connectivity index (χ3v) is 2.98. The van der Waals surface area contributed by atoms with Gasteiger partial charge in [0, 0.05) is 11.8 Å². The zero-order valence-corrected chi connectivity index (χ0v) is 11.7. The molecule has 0 radical (unpaired) electrons. The third kappa shape index (κ3) is 3.74. The maximum atomic E-state index is 13.5. The van der Waals surface area contributed by atoms with Crippen molar-refractivity contribution < 1.29 is 8.78 Å². The van der Waals surface area contributed by atoms with Crippen molar-refractivity contribution in [1.29, 1.82) is 0 Å². The van der Waals surface area contributed by atoms with Crippen LogP contribution in [-0.2, 0) is 6.42 Å². The summed E-state index contributed by atoms with van der Waals surface area (Å²) < 4.78 is 26.3. The number of hydrogen-bond acceptors (Lipinski definition) is 1. The van der Waals surface area contributed by atoms with E-state index in [-0.39, 0.29) is 10.8 Å². The van der Waals surface area contributed by atoms with E-state index < -0.39 is 11.6 Å². The summed E-state index contributed by atoms with van der Waals surface area (Å²) in [4.78, 5) is 0. The summed E-state index contributed by atoms with van der Waals surface area (Å²) in [5.74, 6) is -1.31. The Hall–Kier alpha value is -2.01. The van der Waals surface area contributed by atoms with Gasteiger partial charge in [0.25, 0.3) is 0 Å². The lowest BCUT2D eigenvalue weighted by Crippen LogP contribution is -2.19. The number of rotatable bonds is 3. The summed E-state index contributed by atoms with van der Waals surface area (Å²) in [5, 5.41) is 5.92. The van der Waals surface area contributed by atoms with Gasteiger partial charge < -0.3 is 10.6 Å². The number of anilines is 2. The van der Waals surface area contributed by atoms with Gasteiger partial charge in [-0.05, 0) is 48.5 Å². The van der Waals surface area contributed by atoms with E-state index in [9.17, 15) is 8.78 Å². The predicted octanol–water partition coefficient (Wildman–Crippen LogP) is 4.34. The molecule has 0 saturated carbocycles. The van der Waals surface area contributed by atoms with Crippen molar-refractivity contribution in [2.45, 2.75) is 13.3 Å². The van der Waals surface area contributed by atoms with E-state index in [1.165, 1.54) is 17.7 Å². The summed E-state index contributed by atoms with van der Waals surface area (Å²) in [6, 6.07) is 11.1. The second kappa shape index (κ2) is 6.43. The van der Waals surface area contributed by atoms with E-state index in [0.29, 0.717) is 0 Å². The summed E-state index contributed by atoms with van der Waals surface area (Å²) in [6.07, 6.45) is 0.919. The van der Waals surface area contributed by atoms with Gasteiger partial charge in [0.15, 0.2) is 5.11 Å².